The molecule has 2 aromatic carbocycles. The van der Waals surface area contributed by atoms with E-state index in [-0.39, 0.29) is 11.9 Å². The van der Waals surface area contributed by atoms with Gasteiger partial charge in [0.1, 0.15) is 5.75 Å². The quantitative estimate of drug-likeness (QED) is 0.514. The van der Waals surface area contributed by atoms with Gasteiger partial charge in [0.05, 0.1) is 34.5 Å². The molecule has 3 heterocycles. The van der Waals surface area contributed by atoms with Gasteiger partial charge in [0, 0.05) is 11.6 Å². The Labute approximate surface area is 159 Å². The predicted octanol–water partition coefficient (Wildman–Crippen LogP) is 4.17. The van der Waals surface area contributed by atoms with Crippen molar-refractivity contribution >= 4 is 21.8 Å². The normalized spacial score (nSPS) is 11.2. The molecule has 3 aromatic heterocycles. The largest absolute Gasteiger partial charge is 0.493 e. The maximum atomic E-state index is 10.1. The van der Waals surface area contributed by atoms with Gasteiger partial charge in [0.25, 0.3) is 0 Å². The Balaban J connectivity index is 1.50. The van der Waals surface area contributed by atoms with Crippen molar-refractivity contribution in [3.05, 3.63) is 72.7 Å². The molecule has 5 aromatic rings. The van der Waals surface area contributed by atoms with Crippen molar-refractivity contribution in [3.63, 3.8) is 0 Å². The highest BCUT2D eigenvalue weighted by Crippen LogP contribution is 2.28. The molecule has 7 nitrogen and oxygen atoms in total. The van der Waals surface area contributed by atoms with Crippen molar-refractivity contribution in [2.24, 2.45) is 0 Å². The Morgan fingerprint density at radius 1 is 0.964 bits per heavy atom. The summed E-state index contributed by atoms with van der Waals surface area (Å²) in [6, 6.07) is 15.5. The SMILES string of the molecule is Cc1ccc(-n2ncc3cc(Oc4nc(O)c5ccncc5n4)ccc32)cc1. The summed E-state index contributed by atoms with van der Waals surface area (Å²) in [7, 11) is 0. The Kier molecular flexibility index (Phi) is 3.65. The number of fused-ring (bicyclic) bond motifs is 2. The van der Waals surface area contributed by atoms with E-state index in [9.17, 15) is 5.11 Å². The first-order chi connectivity index (χ1) is 13.7. The Hall–Kier alpha value is -4.00. The Morgan fingerprint density at radius 2 is 1.82 bits per heavy atom. The molecule has 0 unspecified atom stereocenters. The van der Waals surface area contributed by atoms with Gasteiger partial charge >= 0.3 is 6.01 Å². The molecule has 0 saturated heterocycles. The number of hydrogen-bond acceptors (Lipinski definition) is 6. The summed E-state index contributed by atoms with van der Waals surface area (Å²) in [6.45, 7) is 2.05. The zero-order valence-corrected chi connectivity index (χ0v) is 14.9. The van der Waals surface area contributed by atoms with E-state index in [0.29, 0.717) is 16.7 Å². The lowest BCUT2D eigenvalue weighted by atomic mass is 10.2. The van der Waals surface area contributed by atoms with Gasteiger partial charge in [-0.15, -0.1) is 0 Å². The van der Waals surface area contributed by atoms with Gasteiger partial charge in [-0.05, 0) is 43.3 Å². The average Bonchev–Trinajstić information content (AvgIpc) is 3.12. The summed E-state index contributed by atoms with van der Waals surface area (Å²) in [5, 5.41) is 16.0. The molecule has 0 bridgehead atoms. The molecular formula is C21H15N5O2. The number of rotatable bonds is 3. The molecule has 0 spiro atoms. The molecular weight excluding hydrogens is 354 g/mol. The third kappa shape index (κ3) is 2.79. The fraction of sp³-hybridized carbons (Fsp3) is 0.0476. The lowest BCUT2D eigenvalue weighted by Crippen LogP contribution is -1.96. The molecule has 28 heavy (non-hydrogen) atoms. The molecule has 5 rings (SSSR count). The number of ether oxygens (including phenoxy) is 1. The monoisotopic (exact) mass is 369 g/mol. The highest BCUT2D eigenvalue weighted by molar-refractivity contribution is 5.83. The number of benzene rings is 2. The molecule has 1 N–H and O–H groups in total. The minimum Gasteiger partial charge on any atom is -0.493 e. The van der Waals surface area contributed by atoms with E-state index in [2.05, 4.69) is 39.1 Å². The lowest BCUT2D eigenvalue weighted by molar-refractivity contribution is 0.412. The smallest absolute Gasteiger partial charge is 0.325 e. The van der Waals surface area contributed by atoms with E-state index in [4.69, 9.17) is 4.74 Å². The van der Waals surface area contributed by atoms with E-state index in [0.717, 1.165) is 16.6 Å². The molecule has 0 aliphatic carbocycles. The van der Waals surface area contributed by atoms with Crippen LogP contribution in [-0.4, -0.2) is 29.8 Å². The molecule has 0 aliphatic rings. The van der Waals surface area contributed by atoms with Gasteiger partial charge in [-0.1, -0.05) is 17.7 Å². The fourth-order valence-electron chi connectivity index (χ4n) is 3.06. The van der Waals surface area contributed by atoms with Crippen LogP contribution in [0.15, 0.2) is 67.1 Å². The molecule has 7 heteroatoms. The van der Waals surface area contributed by atoms with Gasteiger partial charge in [-0.2, -0.15) is 15.1 Å². The van der Waals surface area contributed by atoms with Crippen molar-refractivity contribution in [2.45, 2.75) is 6.92 Å². The summed E-state index contributed by atoms with van der Waals surface area (Å²) in [5.41, 5.74) is 3.66. The fourth-order valence-corrected chi connectivity index (χ4v) is 3.06. The van der Waals surface area contributed by atoms with Gasteiger partial charge in [0.15, 0.2) is 0 Å². The Bertz CT molecular complexity index is 1310. The van der Waals surface area contributed by atoms with Crippen LogP contribution in [0.2, 0.25) is 0 Å². The van der Waals surface area contributed by atoms with Gasteiger partial charge in [0.2, 0.25) is 5.88 Å². The standard InChI is InChI=1S/C21H15N5O2/c1-13-2-4-15(5-3-13)26-19-7-6-16(10-14(19)11-23-26)28-21-24-18-12-22-9-8-17(18)20(27)25-21/h2-12H,1H3,(H,24,25,27). The van der Waals surface area contributed by atoms with E-state index in [1.165, 1.54) is 5.56 Å². The Morgan fingerprint density at radius 3 is 2.68 bits per heavy atom. The summed E-state index contributed by atoms with van der Waals surface area (Å²) in [4.78, 5) is 12.3. The van der Waals surface area contributed by atoms with Crippen LogP contribution in [0, 0.1) is 6.92 Å². The van der Waals surface area contributed by atoms with Crippen LogP contribution in [-0.2, 0) is 0 Å². The maximum Gasteiger partial charge on any atom is 0.325 e. The average molecular weight is 369 g/mol. The van der Waals surface area contributed by atoms with Crippen LogP contribution in [0.3, 0.4) is 0 Å². The van der Waals surface area contributed by atoms with Crippen LogP contribution in [0.4, 0.5) is 0 Å². The number of aromatic hydroxyl groups is 1. The van der Waals surface area contributed by atoms with Crippen LogP contribution in [0.5, 0.6) is 17.6 Å². The first-order valence-corrected chi connectivity index (χ1v) is 8.71. The zero-order valence-electron chi connectivity index (χ0n) is 14.9. The number of aryl methyl sites for hydroxylation is 1. The summed E-state index contributed by atoms with van der Waals surface area (Å²) >= 11 is 0. The summed E-state index contributed by atoms with van der Waals surface area (Å²) in [5.74, 6) is 0.411. The first-order valence-electron chi connectivity index (χ1n) is 8.71. The number of hydrogen-bond donors (Lipinski definition) is 1. The van der Waals surface area contributed by atoms with E-state index in [1.807, 2.05) is 35.0 Å². The predicted molar refractivity (Wildman–Crippen MR) is 105 cm³/mol. The minimum absolute atomic E-state index is 0.0586. The molecule has 136 valence electrons. The lowest BCUT2D eigenvalue weighted by Gasteiger charge is -2.07. The van der Waals surface area contributed by atoms with Gasteiger partial charge < -0.3 is 9.84 Å². The van der Waals surface area contributed by atoms with E-state index < -0.39 is 0 Å². The minimum atomic E-state index is -0.143. The zero-order chi connectivity index (χ0) is 19.1. The third-order valence-corrected chi connectivity index (χ3v) is 4.49. The van der Waals surface area contributed by atoms with Crippen molar-refractivity contribution in [1.82, 2.24) is 24.7 Å². The van der Waals surface area contributed by atoms with Gasteiger partial charge in [-0.25, -0.2) is 4.68 Å². The molecule has 0 amide bonds. The molecule has 0 fully saturated rings. The summed E-state index contributed by atoms with van der Waals surface area (Å²) < 4.78 is 7.64. The van der Waals surface area contributed by atoms with Crippen molar-refractivity contribution in [3.8, 4) is 23.3 Å². The topological polar surface area (TPSA) is 86.0 Å². The van der Waals surface area contributed by atoms with Crippen LogP contribution < -0.4 is 4.74 Å². The van der Waals surface area contributed by atoms with Gasteiger partial charge in [-0.3, -0.25) is 4.98 Å². The second-order valence-corrected chi connectivity index (χ2v) is 6.44. The number of pyridine rings is 1. The first kappa shape index (κ1) is 16.2. The summed E-state index contributed by atoms with van der Waals surface area (Å²) in [6.07, 6.45) is 4.91. The molecule has 0 atom stereocenters. The number of nitrogens with zero attached hydrogens (tertiary/aromatic N) is 5. The third-order valence-electron chi connectivity index (χ3n) is 4.49. The van der Waals surface area contributed by atoms with E-state index >= 15 is 0 Å². The highest BCUT2D eigenvalue weighted by Gasteiger charge is 2.10. The van der Waals surface area contributed by atoms with E-state index in [1.54, 1.807) is 24.7 Å². The molecule has 0 aliphatic heterocycles. The van der Waals surface area contributed by atoms with Crippen molar-refractivity contribution < 1.29 is 9.84 Å². The second-order valence-electron chi connectivity index (χ2n) is 6.44. The second kappa shape index (κ2) is 6.31. The molecule has 0 radical (unpaired) electrons. The van der Waals surface area contributed by atoms with Crippen LogP contribution in [0.1, 0.15) is 5.56 Å². The maximum absolute atomic E-state index is 10.1. The molecule has 0 saturated carbocycles. The van der Waals surface area contributed by atoms with Crippen LogP contribution in [0.25, 0.3) is 27.5 Å². The van der Waals surface area contributed by atoms with Crippen molar-refractivity contribution in [1.29, 1.82) is 0 Å². The van der Waals surface area contributed by atoms with Crippen molar-refractivity contribution in [2.75, 3.05) is 0 Å². The number of aromatic nitrogens is 5. The highest BCUT2D eigenvalue weighted by atomic mass is 16.5. The van der Waals surface area contributed by atoms with Crippen LogP contribution >= 0.6 is 0 Å².